The number of aryl methyl sites for hydroxylation is 2. The summed E-state index contributed by atoms with van der Waals surface area (Å²) in [5.41, 5.74) is 4.67. The summed E-state index contributed by atoms with van der Waals surface area (Å²) >= 11 is 0. The van der Waals surface area contributed by atoms with E-state index in [2.05, 4.69) is 29.2 Å². The third kappa shape index (κ3) is 3.19. The Morgan fingerprint density at radius 2 is 2.03 bits per heavy atom. The van der Waals surface area contributed by atoms with E-state index in [0.717, 1.165) is 52.9 Å². The molecule has 4 heterocycles. The number of rotatable bonds is 2. The van der Waals surface area contributed by atoms with Crippen molar-refractivity contribution in [3.05, 3.63) is 58.3 Å². The Kier molecular flexibility index (Phi) is 4.25. The highest BCUT2D eigenvalue weighted by Crippen LogP contribution is 2.28. The first-order chi connectivity index (χ1) is 14.3. The third-order valence-electron chi connectivity index (χ3n) is 6.01. The average Bonchev–Trinajstić information content (AvgIpc) is 3.08. The maximum absolute atomic E-state index is 13.2. The van der Waals surface area contributed by atoms with Gasteiger partial charge in [0.1, 0.15) is 0 Å². The van der Waals surface area contributed by atoms with Gasteiger partial charge in [-0.3, -0.25) is 4.79 Å². The van der Waals surface area contributed by atoms with Gasteiger partial charge in [0.2, 0.25) is 0 Å². The molecular formula is C23H26N6O. The van der Waals surface area contributed by atoms with Crippen molar-refractivity contribution >= 4 is 16.4 Å². The van der Waals surface area contributed by atoms with Crippen LogP contribution in [0, 0.1) is 13.8 Å². The van der Waals surface area contributed by atoms with E-state index in [4.69, 9.17) is 5.10 Å². The number of hydrogen-bond donors (Lipinski definition) is 1. The number of fused-ring (bicyclic) bond motifs is 2. The monoisotopic (exact) mass is 402 g/mol. The van der Waals surface area contributed by atoms with Crippen molar-refractivity contribution in [1.82, 2.24) is 29.7 Å². The van der Waals surface area contributed by atoms with Gasteiger partial charge in [-0.1, -0.05) is 6.07 Å². The van der Waals surface area contributed by atoms with Crippen LogP contribution < -0.4 is 10.9 Å². The summed E-state index contributed by atoms with van der Waals surface area (Å²) in [6.45, 7) is 9.24. The number of imidazole rings is 1. The van der Waals surface area contributed by atoms with Gasteiger partial charge in [0, 0.05) is 16.5 Å². The van der Waals surface area contributed by atoms with Gasteiger partial charge in [0.25, 0.3) is 5.56 Å². The first-order valence-electron chi connectivity index (χ1n) is 10.4. The lowest BCUT2D eigenvalue weighted by molar-refractivity contribution is 0.217. The Bertz CT molecular complexity index is 1330. The van der Waals surface area contributed by atoms with Crippen molar-refractivity contribution in [3.63, 3.8) is 0 Å². The van der Waals surface area contributed by atoms with Gasteiger partial charge in [-0.05, 0) is 70.8 Å². The number of nitrogens with one attached hydrogen (secondary N) is 1. The zero-order chi connectivity index (χ0) is 21.0. The fraction of sp³-hybridized carbons (Fsp3) is 0.391. The van der Waals surface area contributed by atoms with Crippen LogP contribution in [0.3, 0.4) is 0 Å². The molecule has 1 atom stereocenters. The number of hydrogen-bond acceptors (Lipinski definition) is 5. The minimum absolute atomic E-state index is 0.0106. The largest absolute Gasteiger partial charge is 0.312 e. The van der Waals surface area contributed by atoms with E-state index in [-0.39, 0.29) is 17.1 Å². The smallest absolute Gasteiger partial charge is 0.274 e. The summed E-state index contributed by atoms with van der Waals surface area (Å²) in [6.07, 6.45) is 5.53. The van der Waals surface area contributed by atoms with Crippen LogP contribution >= 0.6 is 0 Å². The molecule has 1 fully saturated rings. The molecule has 1 unspecified atom stereocenters. The molecule has 0 bridgehead atoms. The molecule has 7 heteroatoms. The molecule has 154 valence electrons. The molecule has 0 amide bonds. The highest BCUT2D eigenvalue weighted by molar-refractivity contribution is 5.85. The van der Waals surface area contributed by atoms with Crippen molar-refractivity contribution in [2.24, 2.45) is 0 Å². The molecule has 4 aromatic rings. The molecule has 30 heavy (non-hydrogen) atoms. The second-order valence-electron chi connectivity index (χ2n) is 9.02. The molecule has 0 spiro atoms. The van der Waals surface area contributed by atoms with Crippen LogP contribution in [0.1, 0.15) is 44.0 Å². The molecule has 0 aliphatic carbocycles. The number of benzene rings is 1. The maximum Gasteiger partial charge on any atom is 0.274 e. The second kappa shape index (κ2) is 6.74. The van der Waals surface area contributed by atoms with Crippen molar-refractivity contribution < 1.29 is 0 Å². The van der Waals surface area contributed by atoms with Gasteiger partial charge in [-0.2, -0.15) is 10.2 Å². The molecule has 1 saturated heterocycles. The highest BCUT2D eigenvalue weighted by atomic mass is 16.1. The standard InChI is InChI=1S/C23H26N6O/c1-14-9-20(27-28-13-15(2)26-21(14)28)16-5-6-19-17(10-16)12-25-29(22(19)30)18-7-8-24-23(3,4)11-18/h5-6,9-10,12-13,18,24H,7-8,11H2,1-4H3. The first-order valence-corrected chi connectivity index (χ1v) is 10.4. The lowest BCUT2D eigenvalue weighted by Gasteiger charge is -2.36. The lowest BCUT2D eigenvalue weighted by atomic mass is 9.89. The SMILES string of the molecule is Cc1cn2nc(-c3ccc4c(=O)n(C5CCNC(C)(C)C5)ncc4c3)cc(C)c2n1. The van der Waals surface area contributed by atoms with Crippen LogP contribution in [0.15, 0.2) is 41.5 Å². The van der Waals surface area contributed by atoms with Gasteiger partial charge >= 0.3 is 0 Å². The van der Waals surface area contributed by atoms with E-state index >= 15 is 0 Å². The summed E-state index contributed by atoms with van der Waals surface area (Å²) in [7, 11) is 0. The summed E-state index contributed by atoms with van der Waals surface area (Å²) < 4.78 is 3.49. The minimum atomic E-state index is -0.0217. The predicted molar refractivity (Wildman–Crippen MR) is 118 cm³/mol. The average molecular weight is 403 g/mol. The Labute approximate surface area is 174 Å². The van der Waals surface area contributed by atoms with Crippen LogP contribution in [0.2, 0.25) is 0 Å². The van der Waals surface area contributed by atoms with Gasteiger partial charge in [-0.25, -0.2) is 14.2 Å². The Morgan fingerprint density at radius 3 is 2.83 bits per heavy atom. The van der Waals surface area contributed by atoms with E-state index in [0.29, 0.717) is 5.39 Å². The molecule has 3 aromatic heterocycles. The fourth-order valence-corrected chi connectivity index (χ4v) is 4.52. The van der Waals surface area contributed by atoms with Crippen LogP contribution in [0.25, 0.3) is 27.7 Å². The summed E-state index contributed by atoms with van der Waals surface area (Å²) in [5.74, 6) is 0. The molecule has 1 N–H and O–H groups in total. The van der Waals surface area contributed by atoms with Crippen molar-refractivity contribution in [2.75, 3.05) is 6.54 Å². The van der Waals surface area contributed by atoms with E-state index in [1.165, 1.54) is 0 Å². The topological polar surface area (TPSA) is 77.1 Å². The van der Waals surface area contributed by atoms with Crippen LogP contribution in [-0.4, -0.2) is 36.5 Å². The minimum Gasteiger partial charge on any atom is -0.312 e. The molecule has 7 nitrogen and oxygen atoms in total. The summed E-state index contributed by atoms with van der Waals surface area (Å²) in [5, 5.41) is 14.3. The van der Waals surface area contributed by atoms with Crippen LogP contribution in [0.5, 0.6) is 0 Å². The molecular weight excluding hydrogens is 376 g/mol. The normalized spacial score (nSPS) is 18.9. The zero-order valence-electron chi connectivity index (χ0n) is 17.8. The van der Waals surface area contributed by atoms with E-state index in [1.807, 2.05) is 55.0 Å². The zero-order valence-corrected chi connectivity index (χ0v) is 17.8. The Balaban J connectivity index is 1.57. The van der Waals surface area contributed by atoms with E-state index in [1.54, 1.807) is 4.68 Å². The molecule has 0 radical (unpaired) electrons. The molecule has 1 aromatic carbocycles. The number of aromatic nitrogens is 5. The van der Waals surface area contributed by atoms with Gasteiger partial charge in [0.05, 0.1) is 35.2 Å². The molecule has 5 rings (SSSR count). The van der Waals surface area contributed by atoms with Crippen LogP contribution in [-0.2, 0) is 0 Å². The highest BCUT2D eigenvalue weighted by Gasteiger charge is 2.29. The second-order valence-corrected chi connectivity index (χ2v) is 9.02. The summed E-state index contributed by atoms with van der Waals surface area (Å²) in [6, 6.07) is 8.02. The predicted octanol–water partition coefficient (Wildman–Crippen LogP) is 3.43. The lowest BCUT2D eigenvalue weighted by Crippen LogP contribution is -2.48. The third-order valence-corrected chi connectivity index (χ3v) is 6.01. The number of piperidine rings is 1. The van der Waals surface area contributed by atoms with Crippen molar-refractivity contribution in [3.8, 4) is 11.3 Å². The Hall–Kier alpha value is -3.06. The molecule has 0 saturated carbocycles. The van der Waals surface area contributed by atoms with Gasteiger partial charge in [0.15, 0.2) is 5.65 Å². The van der Waals surface area contributed by atoms with Gasteiger partial charge in [-0.15, -0.1) is 0 Å². The van der Waals surface area contributed by atoms with Crippen molar-refractivity contribution in [1.29, 1.82) is 0 Å². The quantitative estimate of drug-likeness (QED) is 0.556. The van der Waals surface area contributed by atoms with Gasteiger partial charge < -0.3 is 5.32 Å². The Morgan fingerprint density at radius 1 is 1.20 bits per heavy atom. The molecule has 1 aliphatic heterocycles. The maximum atomic E-state index is 13.2. The molecule has 1 aliphatic rings. The number of nitrogens with zero attached hydrogens (tertiary/aromatic N) is 5. The van der Waals surface area contributed by atoms with Crippen molar-refractivity contribution in [2.45, 2.75) is 52.1 Å². The fourth-order valence-electron chi connectivity index (χ4n) is 4.52. The summed E-state index contributed by atoms with van der Waals surface area (Å²) in [4.78, 5) is 17.7. The first kappa shape index (κ1) is 18.9. The van der Waals surface area contributed by atoms with E-state index in [9.17, 15) is 4.79 Å². The van der Waals surface area contributed by atoms with E-state index < -0.39 is 0 Å². The van der Waals surface area contributed by atoms with Crippen LogP contribution in [0.4, 0.5) is 0 Å².